The van der Waals surface area contributed by atoms with Crippen LogP contribution in [0, 0.1) is 0 Å². The van der Waals surface area contributed by atoms with Crippen LogP contribution in [0.25, 0.3) is 0 Å². The minimum absolute atomic E-state index is 0.0276. The van der Waals surface area contributed by atoms with Gasteiger partial charge in [0, 0.05) is 0 Å². The Balaban J connectivity index is 3.76. The Morgan fingerprint density at radius 1 is 0.818 bits per heavy atom. The summed E-state index contributed by atoms with van der Waals surface area (Å²) in [4.78, 5) is 24.2. The third kappa shape index (κ3) is 7.24. The zero-order valence-corrected chi connectivity index (χ0v) is 22.7. The summed E-state index contributed by atoms with van der Waals surface area (Å²) in [6, 6.07) is 3.79. The fourth-order valence-corrected chi connectivity index (χ4v) is 13.7. The third-order valence-electron chi connectivity index (χ3n) is 6.42. The van der Waals surface area contributed by atoms with Crippen LogP contribution in [0.3, 0.4) is 0 Å². The van der Waals surface area contributed by atoms with Gasteiger partial charge in [-0.3, -0.25) is 0 Å². The average Bonchev–Trinajstić information content (AvgIpc) is 2.83. The summed E-state index contributed by atoms with van der Waals surface area (Å²) in [7, 11) is -1.98. The van der Waals surface area contributed by atoms with Crippen LogP contribution in [-0.2, 0) is 23.6 Å². The summed E-state index contributed by atoms with van der Waals surface area (Å²) in [6.07, 6.45) is 8.25. The molecule has 0 amide bonds. The summed E-state index contributed by atoms with van der Waals surface area (Å²) in [5.41, 5.74) is -0.126. The Labute approximate surface area is 199 Å². The van der Waals surface area contributed by atoms with E-state index in [4.69, 9.17) is 13.4 Å². The first kappa shape index (κ1) is 29.5. The molecule has 0 heterocycles. The number of ether oxygens (including phenoxy) is 2. The predicted molar refractivity (Wildman–Crippen MR) is 134 cm³/mol. The number of esters is 2. The molecule has 0 atom stereocenters. The maximum atomic E-state index is 13.9. The molecule has 190 valence electrons. The van der Waals surface area contributed by atoms with Crippen molar-refractivity contribution in [2.75, 3.05) is 38.9 Å². The molecule has 0 aliphatic carbocycles. The fourth-order valence-electron chi connectivity index (χ4n) is 4.22. The first-order valence-electron chi connectivity index (χ1n) is 11.9. The molecule has 0 unspecified atom stereocenters. The van der Waals surface area contributed by atoms with Gasteiger partial charge in [0.2, 0.25) is 0 Å². The molecule has 0 fully saturated rings. The number of hydrogen-bond donors (Lipinski definition) is 0. The summed E-state index contributed by atoms with van der Waals surface area (Å²) < 4.78 is 43.7. The zero-order chi connectivity index (χ0) is 25.1. The van der Waals surface area contributed by atoms with Crippen LogP contribution in [0.5, 0.6) is 0 Å². The van der Waals surface area contributed by atoms with Crippen LogP contribution in [0.15, 0.2) is 23.1 Å². The van der Waals surface area contributed by atoms with Crippen LogP contribution >= 0.6 is 6.83 Å². The zero-order valence-electron chi connectivity index (χ0n) is 21.0. The van der Waals surface area contributed by atoms with Crippen LogP contribution in [0.4, 0.5) is 0 Å². The van der Waals surface area contributed by atoms with Crippen LogP contribution in [0.2, 0.25) is 0 Å². The molecule has 0 spiro atoms. The second-order valence-corrected chi connectivity index (χ2v) is 16.3. The van der Waals surface area contributed by atoms with Crippen molar-refractivity contribution in [2.24, 2.45) is 0 Å². The van der Waals surface area contributed by atoms with Gasteiger partial charge in [-0.1, -0.05) is 0 Å². The van der Waals surface area contributed by atoms with Crippen molar-refractivity contribution in [3.05, 3.63) is 29.3 Å². The number of benzene rings is 1. The van der Waals surface area contributed by atoms with Gasteiger partial charge in [-0.2, -0.15) is 0 Å². The van der Waals surface area contributed by atoms with Crippen molar-refractivity contribution in [1.82, 2.24) is 0 Å². The van der Waals surface area contributed by atoms with Gasteiger partial charge in [0.1, 0.15) is 0 Å². The molecule has 0 saturated carbocycles. The van der Waals surface area contributed by atoms with Crippen molar-refractivity contribution < 1.29 is 31.5 Å². The van der Waals surface area contributed by atoms with E-state index < -0.39 is 28.9 Å². The van der Waals surface area contributed by atoms with Gasteiger partial charge < -0.3 is 0 Å². The van der Waals surface area contributed by atoms with Gasteiger partial charge >= 0.3 is 200 Å². The molecule has 1 rings (SSSR count). The number of carbonyl (C=O) groups is 2. The van der Waals surface area contributed by atoms with Crippen LogP contribution in [-0.4, -0.2) is 59.2 Å². The van der Waals surface area contributed by atoms with E-state index in [0.29, 0.717) is 6.16 Å². The van der Waals surface area contributed by atoms with Crippen LogP contribution in [0.1, 0.15) is 86.9 Å². The Hall–Kier alpha value is -1.50. The molecule has 9 heteroatoms. The molecule has 1 aromatic rings. The quantitative estimate of drug-likeness (QED) is 0.218. The topological polar surface area (TPSA) is 96.0 Å². The van der Waals surface area contributed by atoms with Crippen molar-refractivity contribution in [2.45, 2.75) is 71.1 Å². The van der Waals surface area contributed by atoms with Crippen molar-refractivity contribution >= 4 is 28.9 Å². The van der Waals surface area contributed by atoms with E-state index in [-0.39, 0.29) is 16.0 Å². The Morgan fingerprint density at radius 2 is 1.30 bits per heavy atom. The molecule has 7 nitrogen and oxygen atoms in total. The molecule has 0 N–H and O–H groups in total. The summed E-state index contributed by atoms with van der Waals surface area (Å²) >= 11 is 0. The second kappa shape index (κ2) is 12.8. The Kier molecular flexibility index (Phi) is 11.5. The number of hydrogen-bond acceptors (Lipinski definition) is 7. The van der Waals surface area contributed by atoms with Gasteiger partial charge in [-0.25, -0.2) is 0 Å². The number of unbranched alkanes of at least 4 members (excludes halogenated alkanes) is 3. The molecule has 0 saturated heterocycles. The predicted octanol–water partition coefficient (Wildman–Crippen LogP) is 5.85. The van der Waals surface area contributed by atoms with Gasteiger partial charge in [0.05, 0.1) is 0 Å². The molecule has 1 aromatic carbocycles. The molecule has 33 heavy (non-hydrogen) atoms. The molecular formula is C24H41O7PS. The summed E-state index contributed by atoms with van der Waals surface area (Å²) in [6.45, 7) is 5.11. The average molecular weight is 505 g/mol. The summed E-state index contributed by atoms with van der Waals surface area (Å²) in [5, 5.41) is 0. The molecule has 0 bridgehead atoms. The van der Waals surface area contributed by atoms with E-state index in [1.54, 1.807) is 0 Å². The van der Waals surface area contributed by atoms with E-state index in [0.717, 1.165) is 63.1 Å². The number of rotatable bonds is 15. The monoisotopic (exact) mass is 504 g/mol. The number of carbonyl (C=O) groups excluding carboxylic acids is 2. The molecular weight excluding hydrogens is 463 g/mol. The maximum absolute atomic E-state index is 13.9. The molecule has 0 radical (unpaired) electrons. The van der Waals surface area contributed by atoms with Crippen molar-refractivity contribution in [1.29, 1.82) is 0 Å². The van der Waals surface area contributed by atoms with E-state index in [2.05, 4.69) is 20.8 Å². The number of methoxy groups -OCH3 is 2. The standard InChI is InChI=1S/C24H41O7PS/c1-7-11-16-32(10-4,17-12-8-2,18-13-9-3)31-33(27,28)22-19-20(23(25)29-5)14-15-21(22)24(26)30-6/h14-15,19H,7-13,16-18H2,1-6H3. The van der Waals surface area contributed by atoms with Gasteiger partial charge in [-0.15, -0.1) is 0 Å². The third-order valence-corrected chi connectivity index (χ3v) is 15.7. The molecule has 0 aliphatic heterocycles. The normalized spacial score (nSPS) is 13.2. The van der Waals surface area contributed by atoms with Gasteiger partial charge in [-0.05, 0) is 0 Å². The molecule has 0 aromatic heterocycles. The Bertz CT molecular complexity index is 887. The van der Waals surface area contributed by atoms with Crippen molar-refractivity contribution in [3.8, 4) is 0 Å². The van der Waals surface area contributed by atoms with Gasteiger partial charge in [0.15, 0.2) is 0 Å². The van der Waals surface area contributed by atoms with E-state index in [9.17, 15) is 18.0 Å². The minimum atomic E-state index is -4.38. The van der Waals surface area contributed by atoms with E-state index in [1.807, 2.05) is 6.92 Å². The molecule has 0 aliphatic rings. The van der Waals surface area contributed by atoms with E-state index >= 15 is 0 Å². The first-order valence-corrected chi connectivity index (χ1v) is 16.2. The SMILES string of the molecule is CCCCP(CC)(CCCC)(CCCC)OS(=O)(=O)c1cc(C(=O)OC)ccc1C(=O)OC. The Morgan fingerprint density at radius 3 is 1.70 bits per heavy atom. The van der Waals surface area contributed by atoms with Gasteiger partial charge in [0.25, 0.3) is 0 Å². The summed E-state index contributed by atoms with van der Waals surface area (Å²) in [5.74, 6) is -1.50. The first-order chi connectivity index (χ1) is 15.6. The second-order valence-electron chi connectivity index (χ2n) is 8.63. The van der Waals surface area contributed by atoms with Crippen LogP contribution < -0.4 is 0 Å². The fraction of sp³-hybridized carbons (Fsp3) is 0.667. The van der Waals surface area contributed by atoms with Crippen molar-refractivity contribution in [3.63, 3.8) is 0 Å². The van der Waals surface area contributed by atoms with E-state index in [1.165, 1.54) is 26.4 Å².